The van der Waals surface area contributed by atoms with E-state index in [1.807, 2.05) is 0 Å². The molecule has 224 valence electrons. The van der Waals surface area contributed by atoms with Crippen molar-refractivity contribution in [2.75, 3.05) is 11.9 Å². The Bertz CT molecular complexity index is 1130. The lowest BCUT2D eigenvalue weighted by molar-refractivity contribution is -0.154. The second-order valence-corrected chi connectivity index (χ2v) is 11.5. The zero-order valence-corrected chi connectivity index (χ0v) is 24.7. The van der Waals surface area contributed by atoms with Gasteiger partial charge in [-0.05, 0) is 64.2 Å². The van der Waals surface area contributed by atoms with Crippen LogP contribution in [0.15, 0.2) is 36.4 Å². The second-order valence-electron chi connectivity index (χ2n) is 11.5. The number of nitrogens with zero attached hydrogens (tertiary/aromatic N) is 1. The Hall–Kier alpha value is -4.02. The monoisotopic (exact) mass is 570 g/mol. The van der Waals surface area contributed by atoms with Crippen LogP contribution in [-0.2, 0) is 40.1 Å². The summed E-state index contributed by atoms with van der Waals surface area (Å²) in [5, 5.41) is 8.15. The van der Waals surface area contributed by atoms with Gasteiger partial charge in [0.25, 0.3) is 11.8 Å². The highest BCUT2D eigenvalue weighted by atomic mass is 16.5. The first kappa shape index (κ1) is 33.2. The van der Waals surface area contributed by atoms with E-state index in [9.17, 15) is 28.8 Å². The minimum absolute atomic E-state index is 0.122. The van der Waals surface area contributed by atoms with Gasteiger partial charge in [0.05, 0.1) is 5.41 Å². The third-order valence-corrected chi connectivity index (χ3v) is 6.41. The molecule has 1 heterocycles. The normalized spacial score (nSPS) is 14.6. The lowest BCUT2D eigenvalue weighted by atomic mass is 9.97. The number of anilines is 1. The molecule has 1 aromatic rings. The molecule has 0 spiro atoms. The van der Waals surface area contributed by atoms with Crippen LogP contribution in [-0.4, -0.2) is 59.0 Å². The Kier molecular flexibility index (Phi) is 12.2. The van der Waals surface area contributed by atoms with Gasteiger partial charge in [-0.25, -0.2) is 0 Å². The minimum Gasteiger partial charge on any atom is -0.460 e. The van der Waals surface area contributed by atoms with Crippen LogP contribution >= 0.6 is 0 Å². The van der Waals surface area contributed by atoms with Crippen molar-refractivity contribution in [2.45, 2.75) is 85.9 Å². The van der Waals surface area contributed by atoms with Crippen molar-refractivity contribution in [1.82, 2.24) is 15.5 Å². The first-order chi connectivity index (χ1) is 19.2. The molecule has 0 fully saturated rings. The molecule has 1 aliphatic rings. The van der Waals surface area contributed by atoms with E-state index < -0.39 is 29.3 Å². The van der Waals surface area contributed by atoms with Crippen LogP contribution in [0.1, 0.15) is 72.8 Å². The maximum atomic E-state index is 12.9. The summed E-state index contributed by atoms with van der Waals surface area (Å²) in [5.74, 6) is -2.35. The number of esters is 1. The van der Waals surface area contributed by atoms with Crippen molar-refractivity contribution < 1.29 is 33.5 Å². The summed E-state index contributed by atoms with van der Waals surface area (Å²) in [4.78, 5) is 74.3. The van der Waals surface area contributed by atoms with Gasteiger partial charge < -0.3 is 20.7 Å². The first-order valence-corrected chi connectivity index (χ1v) is 13.9. The number of unbranched alkanes of at least 4 members (excludes halogenated alkanes) is 2. The van der Waals surface area contributed by atoms with Gasteiger partial charge in [0.1, 0.15) is 18.7 Å². The van der Waals surface area contributed by atoms with Crippen LogP contribution in [0, 0.1) is 11.3 Å². The highest BCUT2D eigenvalue weighted by Gasteiger charge is 2.27. The van der Waals surface area contributed by atoms with Crippen LogP contribution < -0.4 is 16.0 Å². The van der Waals surface area contributed by atoms with E-state index >= 15 is 0 Å². The van der Waals surface area contributed by atoms with Gasteiger partial charge in [0.2, 0.25) is 17.7 Å². The molecule has 41 heavy (non-hydrogen) atoms. The molecule has 2 atom stereocenters. The fraction of sp³-hybridized carbons (Fsp3) is 0.533. The predicted octanol–water partition coefficient (Wildman–Crippen LogP) is 2.85. The van der Waals surface area contributed by atoms with Gasteiger partial charge in [0, 0.05) is 30.8 Å². The third-order valence-electron chi connectivity index (χ3n) is 6.41. The highest BCUT2D eigenvalue weighted by Crippen LogP contribution is 2.17. The molecule has 0 aliphatic carbocycles. The molecular formula is C30H42N4O7. The Labute approximate surface area is 241 Å². The van der Waals surface area contributed by atoms with E-state index in [-0.39, 0.29) is 42.6 Å². The quantitative estimate of drug-likeness (QED) is 0.177. The maximum Gasteiger partial charge on any atom is 0.311 e. The number of nitrogens with one attached hydrogen (secondary N) is 3. The minimum atomic E-state index is -0.862. The summed E-state index contributed by atoms with van der Waals surface area (Å²) in [5.41, 5.74) is 0.696. The van der Waals surface area contributed by atoms with Crippen LogP contribution in [0.25, 0.3) is 0 Å². The summed E-state index contributed by atoms with van der Waals surface area (Å²) in [6.07, 6.45) is 4.44. The molecule has 3 N–H and O–H groups in total. The number of hydrogen-bond acceptors (Lipinski definition) is 7. The molecule has 11 heteroatoms. The van der Waals surface area contributed by atoms with Crippen molar-refractivity contribution in [1.29, 1.82) is 0 Å². The van der Waals surface area contributed by atoms with E-state index in [0.717, 1.165) is 5.56 Å². The van der Waals surface area contributed by atoms with E-state index in [0.29, 0.717) is 31.5 Å². The Morgan fingerprint density at radius 1 is 0.854 bits per heavy atom. The summed E-state index contributed by atoms with van der Waals surface area (Å²) >= 11 is 0. The zero-order chi connectivity index (χ0) is 30.7. The van der Waals surface area contributed by atoms with Crippen LogP contribution in [0.3, 0.4) is 0 Å². The molecule has 0 saturated carbocycles. The molecule has 0 radical (unpaired) electrons. The fourth-order valence-corrected chi connectivity index (χ4v) is 3.83. The van der Waals surface area contributed by atoms with Gasteiger partial charge in [-0.3, -0.25) is 33.7 Å². The van der Waals surface area contributed by atoms with Gasteiger partial charge in [-0.15, -0.1) is 0 Å². The molecular weight excluding hydrogens is 528 g/mol. The molecule has 0 saturated heterocycles. The molecule has 2 rings (SSSR count). The second kappa shape index (κ2) is 15.1. The van der Waals surface area contributed by atoms with Crippen LogP contribution in [0.2, 0.25) is 0 Å². The molecule has 0 aromatic heterocycles. The molecule has 11 nitrogen and oxygen atoms in total. The highest BCUT2D eigenvalue weighted by molar-refractivity contribution is 6.12. The van der Waals surface area contributed by atoms with Crippen LogP contribution in [0.5, 0.6) is 0 Å². The maximum absolute atomic E-state index is 12.9. The third kappa shape index (κ3) is 10.8. The predicted molar refractivity (Wildman–Crippen MR) is 153 cm³/mol. The first-order valence-electron chi connectivity index (χ1n) is 13.9. The van der Waals surface area contributed by atoms with Crippen molar-refractivity contribution in [3.63, 3.8) is 0 Å². The average molecular weight is 571 g/mol. The number of rotatable bonds is 14. The lowest BCUT2D eigenvalue weighted by Gasteiger charge is -2.24. The number of carbonyl (C=O) groups excluding carboxylic acids is 6. The van der Waals surface area contributed by atoms with Gasteiger partial charge in [-0.2, -0.15) is 0 Å². The summed E-state index contributed by atoms with van der Waals surface area (Å²) in [6.45, 7) is 10.9. The van der Waals surface area contributed by atoms with Gasteiger partial charge >= 0.3 is 5.97 Å². The molecule has 5 amide bonds. The molecule has 0 bridgehead atoms. The zero-order valence-electron chi connectivity index (χ0n) is 24.7. The van der Waals surface area contributed by atoms with Gasteiger partial charge in [0.15, 0.2) is 0 Å². The topological polar surface area (TPSA) is 151 Å². The number of hydrogen-bond donors (Lipinski definition) is 3. The Balaban J connectivity index is 1.76. The standard InChI is InChI=1S/C30H42N4O7/c1-19(2)26(33-23(35)10-8-7-9-17-34-24(36)15-16-25(34)37)28(39)31-20(3)27(38)32-22-13-11-21(12-14-22)18-41-29(40)30(4,5)6/h11-16,19-20,26H,7-10,17-18H2,1-6H3,(H,31,39)(H,32,38)(H,33,35). The van der Waals surface area contributed by atoms with E-state index in [1.54, 1.807) is 65.8 Å². The van der Waals surface area contributed by atoms with Crippen molar-refractivity contribution in [3.8, 4) is 0 Å². The SMILES string of the molecule is CC(NC(=O)C(NC(=O)CCCCCN1C(=O)C=CC1=O)C(C)C)C(=O)Nc1ccc(COC(=O)C(C)(C)C)cc1. The Morgan fingerprint density at radius 3 is 2.02 bits per heavy atom. The smallest absolute Gasteiger partial charge is 0.311 e. The largest absolute Gasteiger partial charge is 0.460 e. The summed E-state index contributed by atoms with van der Waals surface area (Å²) < 4.78 is 5.29. The number of ether oxygens (including phenoxy) is 1. The lowest BCUT2D eigenvalue weighted by Crippen LogP contribution is -2.53. The Morgan fingerprint density at radius 2 is 1.46 bits per heavy atom. The van der Waals surface area contributed by atoms with Crippen molar-refractivity contribution >= 4 is 41.2 Å². The van der Waals surface area contributed by atoms with Gasteiger partial charge in [-0.1, -0.05) is 32.4 Å². The molecule has 1 aromatic carbocycles. The van der Waals surface area contributed by atoms with Crippen LogP contribution in [0.4, 0.5) is 5.69 Å². The van der Waals surface area contributed by atoms with Crippen molar-refractivity contribution in [2.24, 2.45) is 11.3 Å². The summed E-state index contributed by atoms with van der Waals surface area (Å²) in [6, 6.07) is 5.16. The fourth-order valence-electron chi connectivity index (χ4n) is 3.83. The molecule has 1 aliphatic heterocycles. The number of imide groups is 1. The van der Waals surface area contributed by atoms with E-state index in [4.69, 9.17) is 4.74 Å². The van der Waals surface area contributed by atoms with Crippen molar-refractivity contribution in [3.05, 3.63) is 42.0 Å². The number of carbonyl (C=O) groups is 6. The number of amides is 5. The van der Waals surface area contributed by atoms with E-state index in [2.05, 4.69) is 16.0 Å². The molecule has 2 unspecified atom stereocenters. The van der Waals surface area contributed by atoms with E-state index in [1.165, 1.54) is 17.1 Å². The summed E-state index contributed by atoms with van der Waals surface area (Å²) in [7, 11) is 0. The number of benzene rings is 1. The average Bonchev–Trinajstić information content (AvgIpc) is 3.22.